The maximum absolute atomic E-state index is 2.55. The lowest BCUT2D eigenvalue weighted by Gasteiger charge is -2.32. The van der Waals surface area contributed by atoms with Crippen LogP contribution in [0.25, 0.3) is 5.69 Å². The Bertz CT molecular complexity index is 1400. The van der Waals surface area contributed by atoms with Gasteiger partial charge in [0.25, 0.3) is 0 Å². The van der Waals surface area contributed by atoms with E-state index in [4.69, 9.17) is 0 Å². The molecule has 0 saturated carbocycles. The van der Waals surface area contributed by atoms with Crippen molar-refractivity contribution in [3.8, 4) is 5.69 Å². The molecule has 37 heavy (non-hydrogen) atoms. The van der Waals surface area contributed by atoms with E-state index in [-0.39, 0.29) is 5.41 Å². The molecule has 0 spiro atoms. The Balaban J connectivity index is 1.30. The smallest absolute Gasteiger partial charge is 0.0988 e. The average molecular weight is 526 g/mol. The number of rotatable bonds is 5. The van der Waals surface area contributed by atoms with E-state index in [1.165, 1.54) is 43.0 Å². The van der Waals surface area contributed by atoms with E-state index in [0.717, 1.165) is 25.9 Å². The minimum Gasteiger partial charge on any atom is -0.355 e. The van der Waals surface area contributed by atoms with Gasteiger partial charge in [0.2, 0.25) is 0 Å². The van der Waals surface area contributed by atoms with Gasteiger partial charge in [-0.15, -0.1) is 0 Å². The average Bonchev–Trinajstić information content (AvgIpc) is 3.59. The molecular formula is C32H35N3S2. The molecule has 0 bridgehead atoms. The van der Waals surface area contributed by atoms with Gasteiger partial charge >= 0.3 is 0 Å². The minimum atomic E-state index is 0.245. The summed E-state index contributed by atoms with van der Waals surface area (Å²) < 4.78 is 2.19. The number of thioether (sulfide) groups is 2. The number of allylic oxidation sites excluding steroid dienone is 4. The molecule has 1 atom stereocenters. The molecule has 2 aliphatic heterocycles. The van der Waals surface area contributed by atoms with Gasteiger partial charge in [-0.3, -0.25) is 0 Å². The standard InChI is InChI=1S/C32H35N3S2/c1-5-34-26-11-7-8-12-28(26)36-30(34)18-23-17-24(22-32(3,4)21-23)19-31-35(6-2)27-20-25(13-14-29(27)37-31)33-15-9-10-16-33/h7-20,31H,5-6,21-22H2,1-4H3. The lowest BCUT2D eigenvalue weighted by Crippen LogP contribution is -2.28. The zero-order chi connectivity index (χ0) is 25.6. The fourth-order valence-electron chi connectivity index (χ4n) is 5.84. The number of hydrogen-bond acceptors (Lipinski definition) is 4. The zero-order valence-corrected chi connectivity index (χ0v) is 23.8. The topological polar surface area (TPSA) is 11.4 Å². The van der Waals surface area contributed by atoms with Crippen LogP contribution in [-0.4, -0.2) is 23.0 Å². The monoisotopic (exact) mass is 525 g/mol. The Hall–Kier alpha value is -2.76. The molecule has 3 heterocycles. The molecule has 0 amide bonds. The summed E-state index contributed by atoms with van der Waals surface area (Å²) in [6, 6.07) is 19.8. The van der Waals surface area contributed by atoms with E-state index in [2.05, 4.69) is 127 Å². The molecule has 1 unspecified atom stereocenters. The number of nitrogens with zero attached hydrogens (tertiary/aromatic N) is 3. The highest BCUT2D eigenvalue weighted by atomic mass is 32.2. The highest BCUT2D eigenvalue weighted by Crippen LogP contribution is 2.49. The fraction of sp³-hybridized carbons (Fsp3) is 0.312. The van der Waals surface area contributed by atoms with Crippen molar-refractivity contribution < 1.29 is 0 Å². The summed E-state index contributed by atoms with van der Waals surface area (Å²) in [6.45, 7) is 11.3. The van der Waals surface area contributed by atoms with Gasteiger partial charge in [-0.05, 0) is 97.9 Å². The summed E-state index contributed by atoms with van der Waals surface area (Å²) in [5, 5.41) is 1.67. The third-order valence-electron chi connectivity index (χ3n) is 7.40. The van der Waals surface area contributed by atoms with Crippen LogP contribution in [-0.2, 0) is 0 Å². The van der Waals surface area contributed by atoms with Crippen molar-refractivity contribution in [1.29, 1.82) is 0 Å². The zero-order valence-electron chi connectivity index (χ0n) is 22.1. The van der Waals surface area contributed by atoms with E-state index < -0.39 is 0 Å². The highest BCUT2D eigenvalue weighted by molar-refractivity contribution is 8.03. The van der Waals surface area contributed by atoms with Crippen LogP contribution in [0.1, 0.15) is 40.5 Å². The minimum absolute atomic E-state index is 0.245. The van der Waals surface area contributed by atoms with Crippen molar-refractivity contribution >= 4 is 34.9 Å². The molecule has 3 nitrogen and oxygen atoms in total. The van der Waals surface area contributed by atoms with Crippen LogP contribution in [0.2, 0.25) is 0 Å². The van der Waals surface area contributed by atoms with Crippen molar-refractivity contribution in [3.05, 3.63) is 101 Å². The van der Waals surface area contributed by atoms with Crippen molar-refractivity contribution in [3.63, 3.8) is 0 Å². The van der Waals surface area contributed by atoms with Crippen molar-refractivity contribution in [2.24, 2.45) is 5.41 Å². The quantitative estimate of drug-likeness (QED) is 0.329. The van der Waals surface area contributed by atoms with Gasteiger partial charge in [-0.2, -0.15) is 0 Å². The summed E-state index contributed by atoms with van der Waals surface area (Å²) in [6.07, 6.45) is 13.9. The van der Waals surface area contributed by atoms with Gasteiger partial charge in [0, 0.05) is 41.0 Å². The Kier molecular flexibility index (Phi) is 6.54. The molecule has 3 aromatic rings. The number of para-hydroxylation sites is 1. The van der Waals surface area contributed by atoms with Gasteiger partial charge in [0.05, 0.1) is 21.8 Å². The first-order valence-electron chi connectivity index (χ1n) is 13.3. The van der Waals surface area contributed by atoms with Crippen LogP contribution in [0, 0.1) is 5.41 Å². The highest BCUT2D eigenvalue weighted by Gasteiger charge is 2.31. The summed E-state index contributed by atoms with van der Waals surface area (Å²) >= 11 is 3.89. The number of benzene rings is 2. The number of anilines is 2. The Morgan fingerprint density at radius 2 is 1.73 bits per heavy atom. The maximum Gasteiger partial charge on any atom is 0.0988 e. The SMILES string of the molecule is CCN1C(=CC2=CC(=CC3Sc4ccc(-n5cccc5)cc4N3CC)CC(C)(C)C2)Sc2ccccc21. The Labute approximate surface area is 229 Å². The van der Waals surface area contributed by atoms with Crippen LogP contribution < -0.4 is 9.80 Å². The fourth-order valence-corrected chi connectivity index (χ4v) is 8.38. The molecule has 0 radical (unpaired) electrons. The molecule has 1 aromatic heterocycles. The summed E-state index contributed by atoms with van der Waals surface area (Å²) in [4.78, 5) is 7.74. The van der Waals surface area contributed by atoms with Crippen molar-refractivity contribution in [1.82, 2.24) is 4.57 Å². The molecule has 190 valence electrons. The van der Waals surface area contributed by atoms with Crippen LogP contribution in [0.15, 0.2) is 111 Å². The summed E-state index contributed by atoms with van der Waals surface area (Å²) in [7, 11) is 0. The van der Waals surface area contributed by atoms with Gasteiger partial charge in [-0.1, -0.05) is 55.6 Å². The van der Waals surface area contributed by atoms with E-state index in [0.29, 0.717) is 5.37 Å². The predicted octanol–water partition coefficient (Wildman–Crippen LogP) is 8.88. The molecule has 2 aromatic carbocycles. The van der Waals surface area contributed by atoms with Crippen molar-refractivity contribution in [2.45, 2.75) is 55.7 Å². The molecule has 0 fully saturated rings. The van der Waals surface area contributed by atoms with Gasteiger partial charge < -0.3 is 14.4 Å². The van der Waals surface area contributed by atoms with Crippen molar-refractivity contribution in [2.75, 3.05) is 22.9 Å². The number of fused-ring (bicyclic) bond motifs is 2. The largest absolute Gasteiger partial charge is 0.355 e. The van der Waals surface area contributed by atoms with E-state index in [1.807, 2.05) is 23.5 Å². The number of likely N-dealkylation sites (N-methyl/N-ethyl adjacent to an activating group) is 1. The first-order chi connectivity index (χ1) is 17.9. The number of hydrogen-bond donors (Lipinski definition) is 0. The normalized spacial score (nSPS) is 22.5. The van der Waals surface area contributed by atoms with Crippen LogP contribution >= 0.6 is 23.5 Å². The van der Waals surface area contributed by atoms with Crippen LogP contribution in [0.3, 0.4) is 0 Å². The molecule has 5 heteroatoms. The first-order valence-corrected chi connectivity index (χ1v) is 15.0. The van der Waals surface area contributed by atoms with Crippen LogP contribution in [0.4, 0.5) is 11.4 Å². The van der Waals surface area contributed by atoms with Gasteiger partial charge in [-0.25, -0.2) is 0 Å². The Morgan fingerprint density at radius 1 is 0.919 bits per heavy atom. The molecule has 6 rings (SSSR count). The van der Waals surface area contributed by atoms with Gasteiger partial charge in [0.15, 0.2) is 0 Å². The first kappa shape index (κ1) is 24.6. The third-order valence-corrected chi connectivity index (χ3v) is 9.75. The Morgan fingerprint density at radius 3 is 2.51 bits per heavy atom. The lowest BCUT2D eigenvalue weighted by atomic mass is 9.75. The summed E-state index contributed by atoms with van der Waals surface area (Å²) in [5.41, 5.74) is 7.05. The summed E-state index contributed by atoms with van der Waals surface area (Å²) in [5.74, 6) is 0. The van der Waals surface area contributed by atoms with Crippen LogP contribution in [0.5, 0.6) is 0 Å². The van der Waals surface area contributed by atoms with E-state index >= 15 is 0 Å². The third kappa shape index (κ3) is 4.80. The van der Waals surface area contributed by atoms with E-state index in [9.17, 15) is 0 Å². The lowest BCUT2D eigenvalue weighted by molar-refractivity contribution is 0.354. The molecule has 0 saturated heterocycles. The maximum atomic E-state index is 2.55. The molecule has 3 aliphatic rings. The van der Waals surface area contributed by atoms with E-state index in [1.54, 1.807) is 0 Å². The second-order valence-corrected chi connectivity index (χ2v) is 13.0. The number of aromatic nitrogens is 1. The molecular weight excluding hydrogens is 491 g/mol. The molecule has 1 aliphatic carbocycles. The predicted molar refractivity (Wildman–Crippen MR) is 161 cm³/mol. The second-order valence-electron chi connectivity index (χ2n) is 10.8. The second kappa shape index (κ2) is 9.85. The molecule has 0 N–H and O–H groups in total. The van der Waals surface area contributed by atoms with Gasteiger partial charge in [0.1, 0.15) is 0 Å².